The standard InChI is InChI=1S/C10H21N/c1-9(2,3)7-8(11)10(4,5)6/h7H,11H2,1-6H3/b8-7+. The van der Waals surface area contributed by atoms with E-state index < -0.39 is 0 Å². The largest absolute Gasteiger partial charge is 0.402 e. The highest BCUT2D eigenvalue weighted by Crippen LogP contribution is 2.25. The Labute approximate surface area is 70.7 Å². The van der Waals surface area contributed by atoms with Crippen LogP contribution in [-0.4, -0.2) is 0 Å². The van der Waals surface area contributed by atoms with Gasteiger partial charge in [-0.05, 0) is 5.41 Å². The van der Waals surface area contributed by atoms with Crippen molar-refractivity contribution in [2.45, 2.75) is 41.5 Å². The molecule has 0 aromatic rings. The maximum atomic E-state index is 5.90. The van der Waals surface area contributed by atoms with Gasteiger partial charge in [0.1, 0.15) is 0 Å². The van der Waals surface area contributed by atoms with E-state index in [2.05, 4.69) is 47.6 Å². The Morgan fingerprint density at radius 2 is 1.36 bits per heavy atom. The molecule has 1 nitrogen and oxygen atoms in total. The van der Waals surface area contributed by atoms with Crippen molar-refractivity contribution >= 4 is 0 Å². The summed E-state index contributed by atoms with van der Waals surface area (Å²) in [5, 5.41) is 0. The van der Waals surface area contributed by atoms with E-state index in [0.717, 1.165) is 5.70 Å². The van der Waals surface area contributed by atoms with Crippen molar-refractivity contribution in [3.63, 3.8) is 0 Å². The zero-order valence-corrected chi connectivity index (χ0v) is 8.65. The SMILES string of the molecule is CC(C)(C)/C=C(/N)C(C)(C)C. The number of hydrogen-bond acceptors (Lipinski definition) is 1. The average molecular weight is 155 g/mol. The molecule has 0 saturated carbocycles. The van der Waals surface area contributed by atoms with Gasteiger partial charge in [0.15, 0.2) is 0 Å². The molecule has 1 heteroatoms. The molecule has 0 radical (unpaired) electrons. The Bertz CT molecular complexity index is 153. The van der Waals surface area contributed by atoms with Crippen molar-refractivity contribution in [3.05, 3.63) is 11.8 Å². The lowest BCUT2D eigenvalue weighted by molar-refractivity contribution is 0.465. The fourth-order valence-electron chi connectivity index (χ4n) is 0.683. The molecule has 0 unspecified atom stereocenters. The van der Waals surface area contributed by atoms with Gasteiger partial charge in [0.2, 0.25) is 0 Å². The highest BCUT2D eigenvalue weighted by molar-refractivity contribution is 5.09. The summed E-state index contributed by atoms with van der Waals surface area (Å²) in [6.07, 6.45) is 2.13. The molecule has 66 valence electrons. The van der Waals surface area contributed by atoms with Crippen LogP contribution >= 0.6 is 0 Å². The average Bonchev–Trinajstić information content (AvgIpc) is 1.56. The smallest absolute Gasteiger partial charge is 0.00999 e. The van der Waals surface area contributed by atoms with Gasteiger partial charge in [-0.2, -0.15) is 0 Å². The van der Waals surface area contributed by atoms with E-state index in [-0.39, 0.29) is 10.8 Å². The Morgan fingerprint density at radius 1 is 1.00 bits per heavy atom. The van der Waals surface area contributed by atoms with Crippen molar-refractivity contribution in [2.75, 3.05) is 0 Å². The van der Waals surface area contributed by atoms with Gasteiger partial charge in [0.05, 0.1) is 0 Å². The Kier molecular flexibility index (Phi) is 2.76. The molecule has 2 N–H and O–H groups in total. The summed E-state index contributed by atoms with van der Waals surface area (Å²) in [7, 11) is 0. The van der Waals surface area contributed by atoms with E-state index in [1.165, 1.54) is 0 Å². The van der Waals surface area contributed by atoms with E-state index in [0.29, 0.717) is 0 Å². The van der Waals surface area contributed by atoms with Crippen molar-refractivity contribution < 1.29 is 0 Å². The lowest BCUT2D eigenvalue weighted by Gasteiger charge is -2.23. The first-order chi connectivity index (χ1) is 4.63. The topological polar surface area (TPSA) is 26.0 Å². The second-order valence-electron chi connectivity index (χ2n) is 5.22. The van der Waals surface area contributed by atoms with Crippen molar-refractivity contribution in [1.29, 1.82) is 0 Å². The quantitative estimate of drug-likeness (QED) is 0.572. The van der Waals surface area contributed by atoms with Crippen LogP contribution in [0.15, 0.2) is 11.8 Å². The first-order valence-electron chi connectivity index (χ1n) is 4.12. The number of hydrogen-bond donors (Lipinski definition) is 1. The molecule has 0 aliphatic rings. The van der Waals surface area contributed by atoms with Crippen LogP contribution in [0, 0.1) is 10.8 Å². The maximum Gasteiger partial charge on any atom is 0.00999 e. The lowest BCUT2D eigenvalue weighted by Crippen LogP contribution is -2.19. The van der Waals surface area contributed by atoms with Gasteiger partial charge < -0.3 is 5.73 Å². The molecule has 11 heavy (non-hydrogen) atoms. The summed E-state index contributed by atoms with van der Waals surface area (Å²) in [5.74, 6) is 0. The molecule has 0 fully saturated rings. The van der Waals surface area contributed by atoms with E-state index in [4.69, 9.17) is 5.73 Å². The van der Waals surface area contributed by atoms with Crippen LogP contribution in [0.2, 0.25) is 0 Å². The predicted octanol–water partition coefficient (Wildman–Crippen LogP) is 2.92. The molecule has 0 atom stereocenters. The Hall–Kier alpha value is -0.460. The number of rotatable bonds is 0. The van der Waals surface area contributed by atoms with Crippen molar-refractivity contribution in [3.8, 4) is 0 Å². The van der Waals surface area contributed by atoms with E-state index in [9.17, 15) is 0 Å². The van der Waals surface area contributed by atoms with E-state index >= 15 is 0 Å². The summed E-state index contributed by atoms with van der Waals surface area (Å²) in [5.41, 5.74) is 7.17. The third kappa shape index (κ3) is 4.88. The van der Waals surface area contributed by atoms with E-state index in [1.54, 1.807) is 0 Å². The predicted molar refractivity (Wildman–Crippen MR) is 51.2 cm³/mol. The van der Waals surface area contributed by atoms with Crippen LogP contribution in [0.4, 0.5) is 0 Å². The maximum absolute atomic E-state index is 5.90. The highest BCUT2D eigenvalue weighted by Gasteiger charge is 2.16. The summed E-state index contributed by atoms with van der Waals surface area (Å²) >= 11 is 0. The summed E-state index contributed by atoms with van der Waals surface area (Å²) in [4.78, 5) is 0. The molecule has 0 heterocycles. The van der Waals surface area contributed by atoms with Gasteiger partial charge in [-0.3, -0.25) is 0 Å². The molecule has 0 amide bonds. The summed E-state index contributed by atoms with van der Waals surface area (Å²) < 4.78 is 0. The molecule has 0 rings (SSSR count). The van der Waals surface area contributed by atoms with Crippen LogP contribution in [-0.2, 0) is 0 Å². The van der Waals surface area contributed by atoms with Gasteiger partial charge in [0.25, 0.3) is 0 Å². The molecular formula is C10H21N. The fourth-order valence-corrected chi connectivity index (χ4v) is 0.683. The second-order valence-corrected chi connectivity index (χ2v) is 5.22. The second kappa shape index (κ2) is 2.88. The molecule has 0 aliphatic carbocycles. The molecule has 0 bridgehead atoms. The third-order valence-corrected chi connectivity index (χ3v) is 1.45. The van der Waals surface area contributed by atoms with Crippen molar-refractivity contribution in [2.24, 2.45) is 16.6 Å². The first-order valence-corrected chi connectivity index (χ1v) is 4.12. The number of nitrogens with two attached hydrogens (primary N) is 1. The van der Waals surface area contributed by atoms with Crippen LogP contribution < -0.4 is 5.73 Å². The molecule has 0 aromatic carbocycles. The lowest BCUT2D eigenvalue weighted by atomic mass is 9.86. The molecule has 0 spiro atoms. The fraction of sp³-hybridized carbons (Fsp3) is 0.800. The summed E-state index contributed by atoms with van der Waals surface area (Å²) in [6, 6.07) is 0. The molecular weight excluding hydrogens is 134 g/mol. The monoisotopic (exact) mass is 155 g/mol. The minimum atomic E-state index is 0.104. The molecule has 0 aromatic heterocycles. The van der Waals surface area contributed by atoms with Crippen LogP contribution in [0.1, 0.15) is 41.5 Å². The highest BCUT2D eigenvalue weighted by atomic mass is 14.6. The first kappa shape index (κ1) is 10.5. The van der Waals surface area contributed by atoms with Gasteiger partial charge in [-0.25, -0.2) is 0 Å². The number of allylic oxidation sites excluding steroid dienone is 2. The molecule has 0 aliphatic heterocycles. The van der Waals surface area contributed by atoms with Crippen LogP contribution in [0.25, 0.3) is 0 Å². The minimum absolute atomic E-state index is 0.104. The zero-order valence-electron chi connectivity index (χ0n) is 8.65. The Morgan fingerprint density at radius 3 is 1.45 bits per heavy atom. The molecule has 0 saturated heterocycles. The summed E-state index contributed by atoms with van der Waals surface area (Å²) in [6.45, 7) is 12.9. The van der Waals surface area contributed by atoms with E-state index in [1.807, 2.05) is 0 Å². The van der Waals surface area contributed by atoms with Gasteiger partial charge in [0, 0.05) is 11.1 Å². The third-order valence-electron chi connectivity index (χ3n) is 1.45. The van der Waals surface area contributed by atoms with Gasteiger partial charge >= 0.3 is 0 Å². The van der Waals surface area contributed by atoms with Crippen LogP contribution in [0.3, 0.4) is 0 Å². The van der Waals surface area contributed by atoms with Gasteiger partial charge in [-0.1, -0.05) is 47.6 Å². The zero-order chi connectivity index (χ0) is 9.28. The van der Waals surface area contributed by atoms with Crippen molar-refractivity contribution in [1.82, 2.24) is 0 Å². The Balaban J connectivity index is 4.49. The van der Waals surface area contributed by atoms with Crippen LogP contribution in [0.5, 0.6) is 0 Å². The van der Waals surface area contributed by atoms with Gasteiger partial charge in [-0.15, -0.1) is 0 Å². The minimum Gasteiger partial charge on any atom is -0.402 e. The normalized spacial score (nSPS) is 15.3.